The number of hydrogen-bond donors (Lipinski definition) is 1. The Morgan fingerprint density at radius 2 is 2.28 bits per heavy atom. The average molecular weight is 266 g/mol. The quantitative estimate of drug-likeness (QED) is 0.802. The summed E-state index contributed by atoms with van der Waals surface area (Å²) in [6.07, 6.45) is 4.48. The first-order valence-electron chi connectivity index (χ1n) is 6.09. The van der Waals surface area contributed by atoms with Crippen molar-refractivity contribution in [3.05, 3.63) is 23.8 Å². The van der Waals surface area contributed by atoms with E-state index in [1.54, 1.807) is 18.9 Å². The highest BCUT2D eigenvalue weighted by molar-refractivity contribution is 7.98. The highest BCUT2D eigenvalue weighted by Gasteiger charge is 2.35. The Labute approximate surface area is 112 Å². The summed E-state index contributed by atoms with van der Waals surface area (Å²) in [5.74, 6) is 0.672. The normalized spacial score (nSPS) is 16.3. The molecule has 2 rings (SSSR count). The zero-order valence-electron chi connectivity index (χ0n) is 10.7. The van der Waals surface area contributed by atoms with Gasteiger partial charge in [-0.25, -0.2) is 0 Å². The van der Waals surface area contributed by atoms with Crippen molar-refractivity contribution in [2.24, 2.45) is 5.92 Å². The number of methoxy groups -OCH3 is 1. The van der Waals surface area contributed by atoms with Crippen molar-refractivity contribution in [1.29, 1.82) is 0 Å². The van der Waals surface area contributed by atoms with Gasteiger partial charge in [-0.1, -0.05) is 0 Å². The molecule has 3 nitrogen and oxygen atoms in total. The fraction of sp³-hybridized carbons (Fsp3) is 0.500. The molecular formula is C14H18O3S. The van der Waals surface area contributed by atoms with Gasteiger partial charge in [-0.15, -0.1) is 11.8 Å². The maximum atomic E-state index is 11.0. The van der Waals surface area contributed by atoms with E-state index in [1.165, 1.54) is 0 Å². The number of thioether (sulfide) groups is 1. The smallest absolute Gasteiger partial charge is 0.303 e. The van der Waals surface area contributed by atoms with Crippen LogP contribution in [0.1, 0.15) is 30.7 Å². The van der Waals surface area contributed by atoms with Crippen LogP contribution in [0.15, 0.2) is 23.1 Å². The maximum Gasteiger partial charge on any atom is 0.303 e. The van der Waals surface area contributed by atoms with Gasteiger partial charge >= 0.3 is 5.97 Å². The molecule has 1 atom stereocenters. The minimum absolute atomic E-state index is 0.0875. The van der Waals surface area contributed by atoms with Crippen LogP contribution >= 0.6 is 11.8 Å². The van der Waals surface area contributed by atoms with Crippen LogP contribution in [0, 0.1) is 5.92 Å². The number of carbonyl (C=O) groups is 1. The fourth-order valence-corrected chi connectivity index (χ4v) is 2.80. The molecule has 1 aromatic carbocycles. The maximum absolute atomic E-state index is 11.0. The molecule has 0 heterocycles. The van der Waals surface area contributed by atoms with Gasteiger partial charge in [-0.2, -0.15) is 0 Å². The summed E-state index contributed by atoms with van der Waals surface area (Å²) in [5.41, 5.74) is 1.05. The highest BCUT2D eigenvalue weighted by Crippen LogP contribution is 2.47. The third-order valence-electron chi connectivity index (χ3n) is 3.42. The predicted octanol–water partition coefficient (Wildman–Crippen LogP) is 3.39. The molecule has 0 aliphatic heterocycles. The van der Waals surface area contributed by atoms with Crippen molar-refractivity contribution in [1.82, 2.24) is 0 Å². The number of carboxylic acid groups (broad SMARTS) is 1. The van der Waals surface area contributed by atoms with Gasteiger partial charge in [0.2, 0.25) is 0 Å². The lowest BCUT2D eigenvalue weighted by atomic mass is 9.90. The van der Waals surface area contributed by atoms with E-state index in [2.05, 4.69) is 6.07 Å². The van der Waals surface area contributed by atoms with E-state index in [0.29, 0.717) is 5.92 Å². The topological polar surface area (TPSA) is 46.5 Å². The van der Waals surface area contributed by atoms with Crippen molar-refractivity contribution in [3.8, 4) is 5.75 Å². The van der Waals surface area contributed by atoms with Gasteiger partial charge in [0.15, 0.2) is 0 Å². The first-order valence-corrected chi connectivity index (χ1v) is 7.32. The number of ether oxygens (including phenoxy) is 1. The van der Waals surface area contributed by atoms with Gasteiger partial charge in [-0.05, 0) is 48.8 Å². The summed E-state index contributed by atoms with van der Waals surface area (Å²) in [6, 6.07) is 6.03. The van der Waals surface area contributed by atoms with Crippen LogP contribution < -0.4 is 4.74 Å². The molecule has 0 saturated heterocycles. The molecule has 0 amide bonds. The van der Waals surface area contributed by atoms with E-state index >= 15 is 0 Å². The lowest BCUT2D eigenvalue weighted by Crippen LogP contribution is -2.09. The van der Waals surface area contributed by atoms with E-state index in [0.717, 1.165) is 29.1 Å². The summed E-state index contributed by atoms with van der Waals surface area (Å²) in [6.45, 7) is 0. The zero-order chi connectivity index (χ0) is 13.1. The Bertz CT molecular complexity index is 441. The van der Waals surface area contributed by atoms with Crippen LogP contribution in [-0.4, -0.2) is 24.4 Å². The molecular weight excluding hydrogens is 248 g/mol. The molecule has 98 valence electrons. The molecule has 4 heteroatoms. The molecule has 18 heavy (non-hydrogen) atoms. The summed E-state index contributed by atoms with van der Waals surface area (Å²) in [4.78, 5) is 12.2. The molecule has 1 aliphatic carbocycles. The van der Waals surface area contributed by atoms with Crippen LogP contribution in [-0.2, 0) is 4.79 Å². The van der Waals surface area contributed by atoms with Gasteiger partial charge in [0.05, 0.1) is 13.5 Å². The number of hydrogen-bond acceptors (Lipinski definition) is 3. The largest absolute Gasteiger partial charge is 0.496 e. The summed E-state index contributed by atoms with van der Waals surface area (Å²) < 4.78 is 5.38. The van der Waals surface area contributed by atoms with Crippen molar-refractivity contribution in [2.45, 2.75) is 30.1 Å². The van der Waals surface area contributed by atoms with Gasteiger partial charge in [0, 0.05) is 10.8 Å². The number of rotatable bonds is 6. The van der Waals surface area contributed by atoms with Gasteiger partial charge in [-0.3, -0.25) is 4.79 Å². The van der Waals surface area contributed by atoms with E-state index < -0.39 is 5.97 Å². The Morgan fingerprint density at radius 3 is 2.78 bits per heavy atom. The SMILES string of the molecule is COc1ccc(SC)cc1C(CC(=O)O)C1CC1. The Balaban J connectivity index is 2.34. The van der Waals surface area contributed by atoms with Crippen LogP contribution in [0.4, 0.5) is 0 Å². The molecule has 1 aromatic rings. The second-order valence-corrected chi connectivity index (χ2v) is 5.53. The second-order valence-electron chi connectivity index (χ2n) is 4.65. The third kappa shape index (κ3) is 2.99. The summed E-state index contributed by atoms with van der Waals surface area (Å²) >= 11 is 1.67. The summed E-state index contributed by atoms with van der Waals surface area (Å²) in [5, 5.41) is 9.07. The molecule has 1 unspecified atom stereocenters. The van der Waals surface area contributed by atoms with Crippen LogP contribution in [0.2, 0.25) is 0 Å². The van der Waals surface area contributed by atoms with Crippen molar-refractivity contribution >= 4 is 17.7 Å². The molecule has 0 aromatic heterocycles. The predicted molar refractivity (Wildman–Crippen MR) is 72.5 cm³/mol. The minimum atomic E-state index is -0.733. The second kappa shape index (κ2) is 5.65. The number of carboxylic acids is 1. The van der Waals surface area contributed by atoms with Gasteiger partial charge in [0.25, 0.3) is 0 Å². The van der Waals surface area contributed by atoms with Crippen molar-refractivity contribution < 1.29 is 14.6 Å². The monoisotopic (exact) mass is 266 g/mol. The average Bonchev–Trinajstić information content (AvgIpc) is 3.19. The lowest BCUT2D eigenvalue weighted by molar-refractivity contribution is -0.137. The first kappa shape index (κ1) is 13.3. The summed E-state index contributed by atoms with van der Waals surface area (Å²) in [7, 11) is 1.64. The highest BCUT2D eigenvalue weighted by atomic mass is 32.2. The molecule has 0 spiro atoms. The standard InChI is InChI=1S/C14H18O3S/c1-17-13-6-5-10(18-2)7-12(13)11(8-14(15)16)9-3-4-9/h5-7,9,11H,3-4,8H2,1-2H3,(H,15,16). The Hall–Kier alpha value is -1.16. The van der Waals surface area contributed by atoms with E-state index in [4.69, 9.17) is 9.84 Å². The molecule has 1 fully saturated rings. The molecule has 1 saturated carbocycles. The molecule has 0 bridgehead atoms. The molecule has 1 N–H and O–H groups in total. The third-order valence-corrected chi connectivity index (χ3v) is 4.15. The Kier molecular flexibility index (Phi) is 4.17. The van der Waals surface area contributed by atoms with E-state index in [1.807, 2.05) is 18.4 Å². The zero-order valence-corrected chi connectivity index (χ0v) is 11.5. The van der Waals surface area contributed by atoms with Crippen LogP contribution in [0.25, 0.3) is 0 Å². The Morgan fingerprint density at radius 1 is 1.56 bits per heavy atom. The van der Waals surface area contributed by atoms with E-state index in [-0.39, 0.29) is 12.3 Å². The molecule has 0 radical (unpaired) electrons. The number of benzene rings is 1. The van der Waals surface area contributed by atoms with E-state index in [9.17, 15) is 4.79 Å². The van der Waals surface area contributed by atoms with Gasteiger partial charge in [0.1, 0.15) is 5.75 Å². The van der Waals surface area contributed by atoms with Crippen molar-refractivity contribution in [2.75, 3.05) is 13.4 Å². The lowest BCUT2D eigenvalue weighted by Gasteiger charge is -2.18. The fourth-order valence-electron chi connectivity index (χ4n) is 2.35. The van der Waals surface area contributed by atoms with Gasteiger partial charge < -0.3 is 9.84 Å². The van der Waals surface area contributed by atoms with Crippen LogP contribution in [0.3, 0.4) is 0 Å². The number of aliphatic carboxylic acids is 1. The van der Waals surface area contributed by atoms with Crippen molar-refractivity contribution in [3.63, 3.8) is 0 Å². The minimum Gasteiger partial charge on any atom is -0.496 e. The molecule has 1 aliphatic rings. The first-order chi connectivity index (χ1) is 8.65. The van der Waals surface area contributed by atoms with Crippen LogP contribution in [0.5, 0.6) is 5.75 Å².